The number of hydrogen-bond acceptors (Lipinski definition) is 5. The van der Waals surface area contributed by atoms with Gasteiger partial charge in [0.15, 0.2) is 0 Å². The third kappa shape index (κ3) is 5.30. The first-order valence-electron chi connectivity index (χ1n) is 8.30. The van der Waals surface area contributed by atoms with Crippen molar-refractivity contribution < 1.29 is 13.9 Å². The molecule has 0 aliphatic carbocycles. The van der Waals surface area contributed by atoms with Crippen molar-refractivity contribution in [2.75, 3.05) is 12.4 Å². The van der Waals surface area contributed by atoms with Crippen molar-refractivity contribution in [3.05, 3.63) is 70.5 Å². The quantitative estimate of drug-likeness (QED) is 0.561. The molecule has 1 N–H and O–H groups in total. The van der Waals surface area contributed by atoms with Crippen molar-refractivity contribution in [3.63, 3.8) is 0 Å². The van der Waals surface area contributed by atoms with Gasteiger partial charge < -0.3 is 10.1 Å². The zero-order valence-corrected chi connectivity index (χ0v) is 16.6. The number of hydrogen-bond donors (Lipinski definition) is 1. The van der Waals surface area contributed by atoms with Crippen LogP contribution in [0.5, 0.6) is 5.75 Å². The smallest absolute Gasteiger partial charge is 0.230 e. The van der Waals surface area contributed by atoms with Crippen LogP contribution in [0.25, 0.3) is 0 Å². The van der Waals surface area contributed by atoms with E-state index in [2.05, 4.69) is 10.3 Å². The fourth-order valence-corrected chi connectivity index (χ4v) is 4.35. The van der Waals surface area contributed by atoms with Gasteiger partial charge in [0.25, 0.3) is 0 Å². The Morgan fingerprint density at radius 1 is 1.30 bits per heavy atom. The predicted octanol–water partition coefficient (Wildman–Crippen LogP) is 5.07. The second-order valence-corrected chi connectivity index (χ2v) is 7.97. The molecule has 0 spiro atoms. The Balaban J connectivity index is 1.54. The number of amides is 1. The molecule has 3 rings (SSSR count). The lowest BCUT2D eigenvalue weighted by atomic mass is 10.2. The van der Waals surface area contributed by atoms with Crippen molar-refractivity contribution in [2.45, 2.75) is 23.4 Å². The van der Waals surface area contributed by atoms with Crippen LogP contribution in [-0.4, -0.2) is 18.0 Å². The standard InChI is InChI=1S/C20H19FN2O2S2/c1-13-9-15(7-8-18(13)25-2)22-19(24)10-16-12-27-20(23-16)26-11-14-5-3-4-6-17(14)21/h3-9,12H,10-11H2,1-2H3,(H,22,24). The Kier molecular flexibility index (Phi) is 6.47. The molecule has 0 saturated carbocycles. The minimum absolute atomic E-state index is 0.129. The molecule has 140 valence electrons. The summed E-state index contributed by atoms with van der Waals surface area (Å²) in [4.78, 5) is 16.7. The minimum Gasteiger partial charge on any atom is -0.496 e. The Morgan fingerprint density at radius 3 is 2.85 bits per heavy atom. The second-order valence-electron chi connectivity index (χ2n) is 5.89. The van der Waals surface area contributed by atoms with E-state index in [0.29, 0.717) is 17.0 Å². The molecule has 1 heterocycles. The molecule has 2 aromatic carbocycles. The van der Waals surface area contributed by atoms with Gasteiger partial charge in [0.05, 0.1) is 19.2 Å². The summed E-state index contributed by atoms with van der Waals surface area (Å²) in [5, 5.41) is 4.73. The van der Waals surface area contributed by atoms with E-state index < -0.39 is 0 Å². The van der Waals surface area contributed by atoms with Crippen LogP contribution in [0.15, 0.2) is 52.2 Å². The molecule has 1 amide bonds. The first-order valence-corrected chi connectivity index (χ1v) is 10.2. The number of nitrogens with zero attached hydrogens (tertiary/aromatic N) is 1. The molecule has 0 saturated heterocycles. The summed E-state index contributed by atoms with van der Waals surface area (Å²) < 4.78 is 19.7. The number of carbonyl (C=O) groups excluding carboxylic acids is 1. The van der Waals surface area contributed by atoms with Gasteiger partial charge in [0.2, 0.25) is 5.91 Å². The number of thiazole rings is 1. The summed E-state index contributed by atoms with van der Waals surface area (Å²) >= 11 is 2.93. The van der Waals surface area contributed by atoms with Crippen LogP contribution in [-0.2, 0) is 17.0 Å². The van der Waals surface area contributed by atoms with Crippen LogP contribution in [0.3, 0.4) is 0 Å². The number of benzene rings is 2. The third-order valence-corrected chi connectivity index (χ3v) is 5.98. The zero-order chi connectivity index (χ0) is 19.2. The number of ether oxygens (including phenoxy) is 1. The van der Waals surface area contributed by atoms with E-state index in [1.54, 1.807) is 25.3 Å². The van der Waals surface area contributed by atoms with Gasteiger partial charge in [-0.25, -0.2) is 9.37 Å². The Hall–Kier alpha value is -2.38. The molecular weight excluding hydrogens is 383 g/mol. The molecule has 0 aliphatic heterocycles. The molecule has 7 heteroatoms. The van der Waals surface area contributed by atoms with E-state index in [9.17, 15) is 9.18 Å². The Bertz CT molecular complexity index is 943. The number of carbonyl (C=O) groups is 1. The molecule has 0 unspecified atom stereocenters. The summed E-state index contributed by atoms with van der Waals surface area (Å²) in [5.74, 6) is 0.951. The SMILES string of the molecule is COc1ccc(NC(=O)Cc2csc(SCc3ccccc3F)n2)cc1C. The van der Waals surface area contributed by atoms with Crippen molar-refractivity contribution in [2.24, 2.45) is 0 Å². The van der Waals surface area contributed by atoms with Crippen LogP contribution < -0.4 is 10.1 Å². The van der Waals surface area contributed by atoms with Gasteiger partial charge in [-0.15, -0.1) is 11.3 Å². The maximum atomic E-state index is 13.7. The zero-order valence-electron chi connectivity index (χ0n) is 15.0. The van der Waals surface area contributed by atoms with Crippen LogP contribution in [0.1, 0.15) is 16.8 Å². The second kappa shape index (κ2) is 9.01. The van der Waals surface area contributed by atoms with Crippen molar-refractivity contribution in [3.8, 4) is 5.75 Å². The third-order valence-electron chi connectivity index (χ3n) is 3.86. The number of rotatable bonds is 7. The fraction of sp³-hybridized carbons (Fsp3) is 0.200. The molecule has 0 atom stereocenters. The van der Waals surface area contributed by atoms with Crippen molar-refractivity contribution >= 4 is 34.7 Å². The number of halogens is 1. The lowest BCUT2D eigenvalue weighted by molar-refractivity contribution is -0.115. The molecule has 0 bridgehead atoms. The normalized spacial score (nSPS) is 10.6. The van der Waals surface area contributed by atoms with Gasteiger partial charge in [-0.2, -0.15) is 0 Å². The van der Waals surface area contributed by atoms with E-state index in [4.69, 9.17) is 4.74 Å². The van der Waals surface area contributed by atoms with Crippen molar-refractivity contribution in [1.82, 2.24) is 4.98 Å². The highest BCUT2D eigenvalue weighted by molar-refractivity contribution is 8.00. The highest BCUT2D eigenvalue weighted by atomic mass is 32.2. The number of nitrogens with one attached hydrogen (secondary N) is 1. The average Bonchev–Trinajstić information content (AvgIpc) is 3.08. The molecule has 1 aromatic heterocycles. The topological polar surface area (TPSA) is 51.2 Å². The first-order chi connectivity index (χ1) is 13.0. The monoisotopic (exact) mass is 402 g/mol. The van der Waals surface area contributed by atoms with Gasteiger partial charge in [0, 0.05) is 16.8 Å². The molecule has 0 radical (unpaired) electrons. The lowest BCUT2D eigenvalue weighted by Gasteiger charge is -2.08. The van der Waals surface area contributed by atoms with Crippen molar-refractivity contribution in [1.29, 1.82) is 0 Å². The maximum absolute atomic E-state index is 13.7. The Morgan fingerprint density at radius 2 is 2.11 bits per heavy atom. The van der Waals surface area contributed by atoms with E-state index in [0.717, 1.165) is 21.3 Å². The molecule has 0 fully saturated rings. The van der Waals surface area contributed by atoms with E-state index in [1.165, 1.54) is 29.2 Å². The highest BCUT2D eigenvalue weighted by Gasteiger charge is 2.10. The summed E-state index contributed by atoms with van der Waals surface area (Å²) in [6.07, 6.45) is 0.196. The highest BCUT2D eigenvalue weighted by Crippen LogP contribution is 2.27. The van der Waals surface area contributed by atoms with Gasteiger partial charge >= 0.3 is 0 Å². The van der Waals surface area contributed by atoms with Gasteiger partial charge in [0.1, 0.15) is 15.9 Å². The number of thioether (sulfide) groups is 1. The predicted molar refractivity (Wildman–Crippen MR) is 108 cm³/mol. The molecule has 3 aromatic rings. The fourth-order valence-electron chi connectivity index (χ4n) is 2.52. The van der Waals surface area contributed by atoms with E-state index >= 15 is 0 Å². The van der Waals surface area contributed by atoms with E-state index in [1.807, 2.05) is 30.5 Å². The molecule has 4 nitrogen and oxygen atoms in total. The minimum atomic E-state index is -0.212. The molecular formula is C20H19FN2O2S2. The summed E-state index contributed by atoms with van der Waals surface area (Å²) in [6.45, 7) is 1.92. The van der Waals surface area contributed by atoms with Crippen LogP contribution in [0.2, 0.25) is 0 Å². The molecule has 27 heavy (non-hydrogen) atoms. The maximum Gasteiger partial charge on any atom is 0.230 e. The first kappa shape index (κ1) is 19.4. The van der Waals surface area contributed by atoms with Crippen LogP contribution in [0, 0.1) is 12.7 Å². The number of anilines is 1. The number of methoxy groups -OCH3 is 1. The van der Waals surface area contributed by atoms with Gasteiger partial charge in [-0.3, -0.25) is 4.79 Å². The van der Waals surface area contributed by atoms with Gasteiger partial charge in [-0.1, -0.05) is 30.0 Å². The number of aryl methyl sites for hydroxylation is 1. The largest absolute Gasteiger partial charge is 0.496 e. The van der Waals surface area contributed by atoms with Crippen LogP contribution >= 0.6 is 23.1 Å². The van der Waals surface area contributed by atoms with E-state index in [-0.39, 0.29) is 18.1 Å². The lowest BCUT2D eigenvalue weighted by Crippen LogP contribution is -2.14. The summed E-state index contributed by atoms with van der Waals surface area (Å²) in [6, 6.07) is 12.2. The Labute approximate surface area is 165 Å². The van der Waals surface area contributed by atoms with Gasteiger partial charge in [-0.05, 0) is 42.3 Å². The number of aromatic nitrogens is 1. The molecule has 0 aliphatic rings. The summed E-state index contributed by atoms with van der Waals surface area (Å²) in [5.41, 5.74) is 3.03. The van der Waals surface area contributed by atoms with Crippen LogP contribution in [0.4, 0.5) is 10.1 Å². The average molecular weight is 403 g/mol. The summed E-state index contributed by atoms with van der Waals surface area (Å²) in [7, 11) is 1.62.